The molecule has 20 atom stereocenters. The Kier molecular flexibility index (Phi) is 14.0. The summed E-state index contributed by atoms with van der Waals surface area (Å²) >= 11 is 0. The molecule has 0 radical (unpaired) electrons. The molecule has 24 heteroatoms. The van der Waals surface area contributed by atoms with Crippen molar-refractivity contribution in [3.8, 4) is 28.6 Å². The molecule has 5 heterocycles. The van der Waals surface area contributed by atoms with Crippen LogP contribution in [0, 0.1) is 0 Å². The Balaban J connectivity index is 1.10. The lowest BCUT2D eigenvalue weighted by atomic mass is 9.98. The number of hydrogen-bond donors (Lipinski definition) is 14. The Morgan fingerprint density at radius 1 is 0.565 bits per heavy atom. The minimum atomic E-state index is -2.05. The first-order chi connectivity index (χ1) is 29.4. The summed E-state index contributed by atoms with van der Waals surface area (Å²) in [5.74, 6) is -1.25. The van der Waals surface area contributed by atoms with Crippen molar-refractivity contribution in [1.29, 1.82) is 0 Å². The molecule has 4 saturated heterocycles. The monoisotopic (exact) mass is 888 g/mol. The standard InChI is InChI=1S/C38H48O24/c1-11-19(41)23(45)28(50)35(55-11)61-38-31(53)26(48)30(52)37(62-38)60-33-20(42)15-7-4-13(40)8-16(15)57-32(33)12-2-5-14(6-3-12)56-36-29(51)25(47)22(44)18(59-36)10-54-34-27(49)24(46)21(43)17(9-39)58-34/h2-8,11,17-19,21-31,34-41,43-53H,9-10H2,1H3/t11-,17+,18+,19+,21+,22+,23-,24-,25-,26+,27+,28+,29+,30+,31-,34+,35-,36+,37+,38-/m0/s1. The van der Waals surface area contributed by atoms with Gasteiger partial charge in [0, 0.05) is 11.6 Å². The molecule has 4 fully saturated rings. The summed E-state index contributed by atoms with van der Waals surface area (Å²) in [5.41, 5.74) is -0.906. The van der Waals surface area contributed by atoms with E-state index >= 15 is 0 Å². The third-order valence-electron chi connectivity index (χ3n) is 11.0. The van der Waals surface area contributed by atoms with E-state index in [0.717, 1.165) is 6.07 Å². The predicted molar refractivity (Wildman–Crippen MR) is 197 cm³/mol. The average Bonchev–Trinajstić information content (AvgIpc) is 3.26. The van der Waals surface area contributed by atoms with E-state index in [0.29, 0.717) is 0 Å². The van der Waals surface area contributed by atoms with Gasteiger partial charge in [0.05, 0.1) is 24.7 Å². The van der Waals surface area contributed by atoms with Crippen molar-refractivity contribution in [1.82, 2.24) is 0 Å². The minimum absolute atomic E-state index is 0.0274. The van der Waals surface area contributed by atoms with Gasteiger partial charge in [-0.05, 0) is 43.3 Å². The zero-order chi connectivity index (χ0) is 44.9. The van der Waals surface area contributed by atoms with Crippen LogP contribution in [0.4, 0.5) is 0 Å². The van der Waals surface area contributed by atoms with Gasteiger partial charge in [-0.25, -0.2) is 0 Å². The van der Waals surface area contributed by atoms with E-state index < -0.39 is 147 Å². The van der Waals surface area contributed by atoms with Crippen LogP contribution in [0.15, 0.2) is 51.7 Å². The van der Waals surface area contributed by atoms with Crippen molar-refractivity contribution in [2.45, 2.75) is 130 Å². The Labute approximate surface area is 349 Å². The highest BCUT2D eigenvalue weighted by Crippen LogP contribution is 2.37. The first-order valence-corrected chi connectivity index (χ1v) is 19.3. The van der Waals surface area contributed by atoms with E-state index in [2.05, 4.69) is 0 Å². The molecule has 2 aromatic carbocycles. The summed E-state index contributed by atoms with van der Waals surface area (Å²) < 4.78 is 50.5. The number of hydrogen-bond acceptors (Lipinski definition) is 24. The van der Waals surface area contributed by atoms with Crippen molar-refractivity contribution in [2.24, 2.45) is 0 Å². The molecular weight excluding hydrogens is 840 g/mol. The fourth-order valence-corrected chi connectivity index (χ4v) is 7.23. The van der Waals surface area contributed by atoms with Crippen LogP contribution < -0.4 is 14.9 Å². The molecule has 0 unspecified atom stereocenters. The van der Waals surface area contributed by atoms with Crippen molar-refractivity contribution in [2.75, 3.05) is 13.2 Å². The number of fused-ring (bicyclic) bond motifs is 1. The quantitative estimate of drug-likeness (QED) is 0.0852. The SMILES string of the molecule is C[C@@H]1O[C@@H](O[C@H]2O[C@@H](Oc3c(-c4ccc(O[C@@H]5O[C@H](CO[C@@H]6O[C@H](CO)[C@@H](O)[C@H](O)[C@H]6O)[C@@H](O)[C@H](O)[C@H]5O)cc4)oc4cc(O)ccc4c3=O)[C@H](O)[C@@H](O)[C@@H]2O)[C@H](O)[C@@H](O)[C@@H]1O. The lowest BCUT2D eigenvalue weighted by molar-refractivity contribution is -0.388. The summed E-state index contributed by atoms with van der Waals surface area (Å²) in [6.45, 7) is 0.0201. The highest BCUT2D eigenvalue weighted by molar-refractivity contribution is 5.83. The lowest BCUT2D eigenvalue weighted by Crippen LogP contribution is -2.63. The van der Waals surface area contributed by atoms with E-state index in [1.807, 2.05) is 0 Å². The second kappa shape index (κ2) is 18.8. The molecule has 0 spiro atoms. The molecule has 344 valence electrons. The number of aromatic hydroxyl groups is 1. The van der Waals surface area contributed by atoms with Gasteiger partial charge in [0.1, 0.15) is 103 Å². The summed E-state index contributed by atoms with van der Waals surface area (Å²) in [6, 6.07) is 8.82. The van der Waals surface area contributed by atoms with Gasteiger partial charge in [-0.1, -0.05) is 0 Å². The molecule has 4 aliphatic heterocycles. The molecule has 24 nitrogen and oxygen atoms in total. The van der Waals surface area contributed by atoms with Crippen LogP contribution in [0.25, 0.3) is 22.3 Å². The molecule has 3 aromatic rings. The number of aliphatic hydroxyl groups excluding tert-OH is 13. The second-order valence-electron chi connectivity index (χ2n) is 15.2. The molecule has 7 rings (SSSR count). The Morgan fingerprint density at radius 3 is 1.74 bits per heavy atom. The number of ether oxygens (including phenoxy) is 8. The molecule has 14 N–H and O–H groups in total. The van der Waals surface area contributed by atoms with E-state index in [4.69, 9.17) is 42.3 Å². The Hall–Kier alpha value is -3.71. The average molecular weight is 889 g/mol. The molecule has 0 bridgehead atoms. The zero-order valence-corrected chi connectivity index (χ0v) is 32.3. The van der Waals surface area contributed by atoms with Crippen LogP contribution in [0.2, 0.25) is 0 Å². The van der Waals surface area contributed by atoms with Gasteiger partial charge in [-0.3, -0.25) is 4.79 Å². The zero-order valence-electron chi connectivity index (χ0n) is 32.3. The van der Waals surface area contributed by atoms with Crippen molar-refractivity contribution >= 4 is 11.0 Å². The van der Waals surface area contributed by atoms with E-state index in [9.17, 15) is 76.3 Å². The van der Waals surface area contributed by atoms with E-state index in [1.165, 1.54) is 43.3 Å². The molecule has 1 aromatic heterocycles. The second-order valence-corrected chi connectivity index (χ2v) is 15.2. The maximum atomic E-state index is 14.0. The van der Waals surface area contributed by atoms with Crippen molar-refractivity contribution in [3.05, 3.63) is 52.7 Å². The molecule has 0 amide bonds. The van der Waals surface area contributed by atoms with Gasteiger partial charge in [0.15, 0.2) is 24.6 Å². The maximum absolute atomic E-state index is 14.0. The first-order valence-electron chi connectivity index (χ1n) is 19.3. The van der Waals surface area contributed by atoms with Gasteiger partial charge in [-0.2, -0.15) is 0 Å². The smallest absolute Gasteiger partial charge is 0.235 e. The van der Waals surface area contributed by atoms with Crippen LogP contribution in [0.1, 0.15) is 6.92 Å². The third kappa shape index (κ3) is 9.00. The number of phenols is 1. The van der Waals surface area contributed by atoms with Crippen LogP contribution in [-0.2, 0) is 28.4 Å². The van der Waals surface area contributed by atoms with Gasteiger partial charge < -0.3 is 114 Å². The molecule has 62 heavy (non-hydrogen) atoms. The number of rotatable bonds is 11. The minimum Gasteiger partial charge on any atom is -0.508 e. The van der Waals surface area contributed by atoms with Crippen molar-refractivity contribution in [3.63, 3.8) is 0 Å². The molecule has 0 saturated carbocycles. The largest absolute Gasteiger partial charge is 0.508 e. The first kappa shape index (κ1) is 46.3. The number of phenolic OH excluding ortho intramolecular Hbond substituents is 1. The summed E-state index contributed by atoms with van der Waals surface area (Å²) in [5, 5.41) is 145. The van der Waals surface area contributed by atoms with E-state index in [-0.39, 0.29) is 33.8 Å². The lowest BCUT2D eigenvalue weighted by Gasteiger charge is -2.44. The molecule has 4 aliphatic rings. The fraction of sp³-hybridized carbons (Fsp3) is 0.605. The Morgan fingerprint density at radius 2 is 1.10 bits per heavy atom. The Bertz CT molecular complexity index is 2030. The summed E-state index contributed by atoms with van der Waals surface area (Å²) in [7, 11) is 0. The predicted octanol–water partition coefficient (Wildman–Crippen LogP) is -5.84. The van der Waals surface area contributed by atoms with E-state index in [1.54, 1.807) is 0 Å². The molecule has 0 aliphatic carbocycles. The van der Waals surface area contributed by atoms with Gasteiger partial charge in [0.2, 0.25) is 23.8 Å². The van der Waals surface area contributed by atoms with Crippen molar-refractivity contribution < 1.29 is 114 Å². The topological polar surface area (TPSA) is 387 Å². The maximum Gasteiger partial charge on any atom is 0.235 e. The summed E-state index contributed by atoms with van der Waals surface area (Å²) in [4.78, 5) is 14.0. The number of aliphatic hydroxyl groups is 13. The van der Waals surface area contributed by atoms with Crippen LogP contribution >= 0.6 is 0 Å². The number of benzene rings is 2. The van der Waals surface area contributed by atoms with Gasteiger partial charge in [-0.15, -0.1) is 0 Å². The fourth-order valence-electron chi connectivity index (χ4n) is 7.23. The van der Waals surface area contributed by atoms with Gasteiger partial charge in [0.25, 0.3) is 0 Å². The van der Waals surface area contributed by atoms with Crippen LogP contribution in [-0.4, -0.2) is 208 Å². The molecular formula is C38H48O24. The normalized spacial score (nSPS) is 41.5. The highest BCUT2D eigenvalue weighted by atomic mass is 16.8. The third-order valence-corrected chi connectivity index (χ3v) is 11.0. The van der Waals surface area contributed by atoms with Crippen LogP contribution in [0.3, 0.4) is 0 Å². The summed E-state index contributed by atoms with van der Waals surface area (Å²) in [6.07, 6.45) is -34.5. The van der Waals surface area contributed by atoms with Gasteiger partial charge >= 0.3 is 0 Å². The highest BCUT2D eigenvalue weighted by Gasteiger charge is 2.51. The van der Waals surface area contributed by atoms with Crippen LogP contribution in [0.5, 0.6) is 17.2 Å².